The molecule has 0 heterocycles. The average Bonchev–Trinajstić information content (AvgIpc) is 2.87. The van der Waals surface area contributed by atoms with Gasteiger partial charge in [-0.05, 0) is 92.7 Å². The Morgan fingerprint density at radius 1 is 0.917 bits per heavy atom. The van der Waals surface area contributed by atoms with Gasteiger partial charge in [-0.3, -0.25) is 4.79 Å². The molecule has 0 spiro atoms. The van der Waals surface area contributed by atoms with Crippen molar-refractivity contribution < 1.29 is 24.9 Å². The van der Waals surface area contributed by atoms with Crippen molar-refractivity contribution in [3.05, 3.63) is 64.2 Å². The quantitative estimate of drug-likeness (QED) is 0.261. The minimum atomic E-state index is -0.920. The van der Waals surface area contributed by atoms with Gasteiger partial charge in [0.2, 0.25) is 0 Å². The zero-order valence-corrected chi connectivity index (χ0v) is 23.1. The predicted molar refractivity (Wildman–Crippen MR) is 146 cm³/mol. The van der Waals surface area contributed by atoms with Crippen LogP contribution in [-0.2, 0) is 16.6 Å². The van der Waals surface area contributed by atoms with Crippen LogP contribution in [0.2, 0.25) is 0 Å². The lowest BCUT2D eigenvalue weighted by molar-refractivity contribution is -0.137. The van der Waals surface area contributed by atoms with Gasteiger partial charge in [-0.15, -0.1) is 0 Å². The van der Waals surface area contributed by atoms with E-state index in [-0.39, 0.29) is 24.9 Å². The molecule has 0 radical (unpaired) electrons. The van der Waals surface area contributed by atoms with Crippen molar-refractivity contribution in [2.75, 3.05) is 6.61 Å². The smallest absolute Gasteiger partial charge is 0.303 e. The number of hydrogen-bond acceptors (Lipinski definition) is 4. The second kappa shape index (κ2) is 13.3. The summed E-state index contributed by atoms with van der Waals surface area (Å²) in [6, 6.07) is 13.1. The standard InChI is InChI=1S/C31H46O5/c1-7-30(35,8-2)18-17-24-11-12-25(19-22(24)5)31(9-3,10-4)26-13-15-28(23(6)20-26)36-21-27(32)14-16-29(33)34/h11-13,15,19-20,27,32,35H,7-10,14,16-18,21H2,1-6H3,(H,33,34)/t27-/m1/s1. The Bertz CT molecular complexity index is 988. The molecule has 0 aromatic heterocycles. The highest BCUT2D eigenvalue weighted by Gasteiger charge is 2.31. The fraction of sp³-hybridized carbons (Fsp3) is 0.581. The number of ether oxygens (including phenoxy) is 1. The van der Waals surface area contributed by atoms with E-state index in [0.29, 0.717) is 5.75 Å². The molecular weight excluding hydrogens is 452 g/mol. The maximum atomic E-state index is 10.7. The first-order valence-corrected chi connectivity index (χ1v) is 13.5. The van der Waals surface area contributed by atoms with Gasteiger partial charge >= 0.3 is 5.97 Å². The molecule has 200 valence electrons. The Labute approximate surface area is 217 Å². The molecule has 0 aliphatic heterocycles. The van der Waals surface area contributed by atoms with Crippen LogP contribution in [0.1, 0.15) is 100 Å². The highest BCUT2D eigenvalue weighted by Crippen LogP contribution is 2.41. The van der Waals surface area contributed by atoms with E-state index in [4.69, 9.17) is 9.84 Å². The van der Waals surface area contributed by atoms with Crippen molar-refractivity contribution >= 4 is 5.97 Å². The molecule has 2 aromatic carbocycles. The van der Waals surface area contributed by atoms with Crippen LogP contribution in [-0.4, -0.2) is 39.6 Å². The van der Waals surface area contributed by atoms with Gasteiger partial charge in [0.1, 0.15) is 12.4 Å². The van der Waals surface area contributed by atoms with Crippen LogP contribution in [0.3, 0.4) is 0 Å². The van der Waals surface area contributed by atoms with Gasteiger partial charge in [-0.2, -0.15) is 0 Å². The molecule has 5 heteroatoms. The Morgan fingerprint density at radius 2 is 1.50 bits per heavy atom. The third-order valence-corrected chi connectivity index (χ3v) is 8.13. The Hall–Kier alpha value is -2.37. The number of carbonyl (C=O) groups is 1. The van der Waals surface area contributed by atoms with E-state index in [1.54, 1.807) is 0 Å². The van der Waals surface area contributed by atoms with Crippen LogP contribution in [0.4, 0.5) is 0 Å². The summed E-state index contributed by atoms with van der Waals surface area (Å²) in [4.78, 5) is 10.7. The summed E-state index contributed by atoms with van der Waals surface area (Å²) in [6.45, 7) is 12.8. The molecule has 0 bridgehead atoms. The number of aliphatic hydroxyl groups excluding tert-OH is 1. The zero-order chi connectivity index (χ0) is 26.9. The van der Waals surface area contributed by atoms with Crippen molar-refractivity contribution in [1.82, 2.24) is 0 Å². The lowest BCUT2D eigenvalue weighted by Gasteiger charge is -2.34. The van der Waals surface area contributed by atoms with Gasteiger partial charge in [0.15, 0.2) is 0 Å². The van der Waals surface area contributed by atoms with E-state index in [9.17, 15) is 15.0 Å². The van der Waals surface area contributed by atoms with Crippen molar-refractivity contribution in [3.63, 3.8) is 0 Å². The topological polar surface area (TPSA) is 87.0 Å². The molecule has 36 heavy (non-hydrogen) atoms. The third-order valence-electron chi connectivity index (χ3n) is 8.13. The van der Waals surface area contributed by atoms with Crippen molar-refractivity contribution in [2.24, 2.45) is 0 Å². The lowest BCUT2D eigenvalue weighted by atomic mass is 9.69. The summed E-state index contributed by atoms with van der Waals surface area (Å²) < 4.78 is 5.82. The molecule has 0 unspecified atom stereocenters. The zero-order valence-electron chi connectivity index (χ0n) is 23.1. The van der Waals surface area contributed by atoms with E-state index in [0.717, 1.165) is 44.1 Å². The first-order valence-electron chi connectivity index (χ1n) is 13.5. The number of rotatable bonds is 15. The summed E-state index contributed by atoms with van der Waals surface area (Å²) >= 11 is 0. The van der Waals surface area contributed by atoms with E-state index in [2.05, 4.69) is 65.0 Å². The molecule has 3 N–H and O–H groups in total. The Kier molecular flexibility index (Phi) is 11.0. The highest BCUT2D eigenvalue weighted by atomic mass is 16.5. The van der Waals surface area contributed by atoms with E-state index in [1.807, 2.05) is 13.0 Å². The van der Waals surface area contributed by atoms with E-state index in [1.165, 1.54) is 22.3 Å². The van der Waals surface area contributed by atoms with Gasteiger partial charge in [-0.25, -0.2) is 0 Å². The molecule has 0 fully saturated rings. The molecule has 1 atom stereocenters. The molecular formula is C31H46O5. The van der Waals surface area contributed by atoms with E-state index >= 15 is 0 Å². The number of aryl methyl sites for hydroxylation is 3. The summed E-state index contributed by atoms with van der Waals surface area (Å²) in [6.07, 6.45) is 4.41. The number of aliphatic hydroxyl groups is 2. The third kappa shape index (κ3) is 7.33. The monoisotopic (exact) mass is 498 g/mol. The van der Waals surface area contributed by atoms with Crippen LogP contribution in [0, 0.1) is 13.8 Å². The summed E-state index contributed by atoms with van der Waals surface area (Å²) in [5.41, 5.74) is 5.38. The SMILES string of the molecule is CCC(O)(CC)CCc1ccc(C(CC)(CC)c2ccc(OC[C@H](O)CCC(=O)O)c(C)c2)cc1C. The number of benzene rings is 2. The van der Waals surface area contributed by atoms with Gasteiger partial charge in [-0.1, -0.05) is 58.0 Å². The largest absolute Gasteiger partial charge is 0.491 e. The fourth-order valence-electron chi connectivity index (χ4n) is 5.15. The van der Waals surface area contributed by atoms with Crippen molar-refractivity contribution in [3.8, 4) is 5.75 Å². The van der Waals surface area contributed by atoms with E-state index < -0.39 is 17.7 Å². The Balaban J connectivity index is 2.25. The maximum Gasteiger partial charge on any atom is 0.303 e. The molecule has 0 saturated heterocycles. The van der Waals surface area contributed by atoms with Gasteiger partial charge in [0.25, 0.3) is 0 Å². The van der Waals surface area contributed by atoms with Crippen molar-refractivity contribution in [1.29, 1.82) is 0 Å². The first kappa shape index (κ1) is 29.9. The van der Waals surface area contributed by atoms with Crippen LogP contribution < -0.4 is 4.74 Å². The van der Waals surface area contributed by atoms with Crippen LogP contribution >= 0.6 is 0 Å². The molecule has 2 aromatic rings. The van der Waals surface area contributed by atoms with Gasteiger partial charge in [0, 0.05) is 11.8 Å². The first-order chi connectivity index (χ1) is 17.0. The molecule has 2 rings (SSSR count). The number of hydrogen-bond donors (Lipinski definition) is 3. The van der Waals surface area contributed by atoms with Crippen LogP contribution in [0.15, 0.2) is 36.4 Å². The molecule has 0 aliphatic rings. The van der Waals surface area contributed by atoms with Crippen LogP contribution in [0.5, 0.6) is 5.75 Å². The second-order valence-corrected chi connectivity index (χ2v) is 10.2. The number of aliphatic carboxylic acids is 1. The predicted octanol–water partition coefficient (Wildman–Crippen LogP) is 6.50. The second-order valence-electron chi connectivity index (χ2n) is 10.2. The summed E-state index contributed by atoms with van der Waals surface area (Å²) in [7, 11) is 0. The summed E-state index contributed by atoms with van der Waals surface area (Å²) in [5.74, 6) is -0.211. The molecule has 0 aliphatic carbocycles. The normalized spacial score (nSPS) is 13.0. The van der Waals surface area contributed by atoms with Crippen molar-refractivity contribution in [2.45, 2.75) is 110 Å². The Morgan fingerprint density at radius 3 is 2.00 bits per heavy atom. The highest BCUT2D eigenvalue weighted by molar-refractivity contribution is 5.66. The summed E-state index contributed by atoms with van der Waals surface area (Å²) in [5, 5.41) is 29.5. The fourth-order valence-corrected chi connectivity index (χ4v) is 5.15. The average molecular weight is 499 g/mol. The maximum absolute atomic E-state index is 10.7. The lowest BCUT2D eigenvalue weighted by Crippen LogP contribution is -2.28. The van der Waals surface area contributed by atoms with Gasteiger partial charge in [0.05, 0.1) is 11.7 Å². The number of carboxylic acid groups (broad SMARTS) is 1. The minimum Gasteiger partial charge on any atom is -0.491 e. The minimum absolute atomic E-state index is 0.0751. The number of carboxylic acids is 1. The van der Waals surface area contributed by atoms with Gasteiger partial charge < -0.3 is 20.1 Å². The van der Waals surface area contributed by atoms with Crippen LogP contribution in [0.25, 0.3) is 0 Å². The molecule has 5 nitrogen and oxygen atoms in total. The molecule has 0 amide bonds. The molecule has 0 saturated carbocycles.